The summed E-state index contributed by atoms with van der Waals surface area (Å²) in [5.41, 5.74) is 4.11. The van der Waals surface area contributed by atoms with Gasteiger partial charge in [0.05, 0.1) is 5.69 Å². The van der Waals surface area contributed by atoms with Gasteiger partial charge >= 0.3 is 0 Å². The van der Waals surface area contributed by atoms with Crippen LogP contribution in [0.1, 0.15) is 23.9 Å². The van der Waals surface area contributed by atoms with Crippen LogP contribution in [0.3, 0.4) is 0 Å². The second-order valence-electron chi connectivity index (χ2n) is 5.52. The highest BCUT2D eigenvalue weighted by Gasteiger charge is 2.16. The second kappa shape index (κ2) is 5.82. The van der Waals surface area contributed by atoms with Gasteiger partial charge in [0.15, 0.2) is 11.6 Å². The van der Waals surface area contributed by atoms with Crippen LogP contribution in [0.5, 0.6) is 0 Å². The van der Waals surface area contributed by atoms with Crippen LogP contribution in [-0.2, 0) is 13.1 Å². The van der Waals surface area contributed by atoms with Crippen LogP contribution in [0.15, 0.2) is 4.63 Å². The first kappa shape index (κ1) is 15.2. The van der Waals surface area contributed by atoms with Crippen LogP contribution in [0.25, 0.3) is 11.3 Å². The fraction of sp³-hybridized carbons (Fsp3) is 0.500. The average molecular weight is 316 g/mol. The number of nitrogens with zero attached hydrogens (tertiary/aromatic N) is 7. The van der Waals surface area contributed by atoms with E-state index in [0.717, 1.165) is 23.5 Å². The molecule has 3 aromatic heterocycles. The first-order chi connectivity index (χ1) is 11.0. The molecule has 0 spiro atoms. The van der Waals surface area contributed by atoms with Gasteiger partial charge in [0.2, 0.25) is 11.3 Å². The maximum absolute atomic E-state index is 4.69. The molecule has 0 saturated carbocycles. The summed E-state index contributed by atoms with van der Waals surface area (Å²) in [6, 6.07) is 0. The lowest BCUT2D eigenvalue weighted by Crippen LogP contribution is -2.15. The lowest BCUT2D eigenvalue weighted by atomic mass is 10.2. The summed E-state index contributed by atoms with van der Waals surface area (Å²) in [5.74, 6) is 1.33. The van der Waals surface area contributed by atoms with Crippen molar-refractivity contribution in [2.75, 3.05) is 24.3 Å². The minimum absolute atomic E-state index is 0.385. The van der Waals surface area contributed by atoms with Crippen molar-refractivity contribution in [3.05, 3.63) is 17.0 Å². The number of aryl methyl sites for hydroxylation is 2. The van der Waals surface area contributed by atoms with Gasteiger partial charge in [-0.3, -0.25) is 4.68 Å². The van der Waals surface area contributed by atoms with Crippen molar-refractivity contribution in [2.45, 2.75) is 33.9 Å². The highest BCUT2D eigenvalue weighted by molar-refractivity contribution is 5.73. The molecule has 0 atom stereocenters. The Labute approximate surface area is 133 Å². The van der Waals surface area contributed by atoms with E-state index in [1.165, 1.54) is 0 Å². The van der Waals surface area contributed by atoms with E-state index in [1.807, 2.05) is 30.6 Å². The molecule has 0 bridgehead atoms. The minimum atomic E-state index is 0.385. The monoisotopic (exact) mass is 316 g/mol. The van der Waals surface area contributed by atoms with Gasteiger partial charge in [0, 0.05) is 38.4 Å². The number of nitrogens with one attached hydrogen (secondary N) is 1. The van der Waals surface area contributed by atoms with E-state index in [9.17, 15) is 0 Å². The number of aromatic nitrogens is 6. The molecule has 0 aliphatic heterocycles. The lowest BCUT2D eigenvalue weighted by molar-refractivity contribution is 0.314. The Hall–Kier alpha value is -2.71. The zero-order valence-corrected chi connectivity index (χ0v) is 14.0. The highest BCUT2D eigenvalue weighted by Crippen LogP contribution is 2.23. The van der Waals surface area contributed by atoms with Gasteiger partial charge in [-0.25, -0.2) is 14.6 Å². The van der Waals surface area contributed by atoms with Crippen molar-refractivity contribution in [1.82, 2.24) is 30.1 Å². The molecule has 0 saturated heterocycles. The highest BCUT2D eigenvalue weighted by atomic mass is 16.6. The third kappa shape index (κ3) is 2.69. The van der Waals surface area contributed by atoms with E-state index in [4.69, 9.17) is 0 Å². The van der Waals surface area contributed by atoms with Crippen molar-refractivity contribution in [2.24, 2.45) is 0 Å². The fourth-order valence-electron chi connectivity index (χ4n) is 2.53. The summed E-state index contributed by atoms with van der Waals surface area (Å²) >= 11 is 0. The molecule has 3 heterocycles. The van der Waals surface area contributed by atoms with Crippen LogP contribution in [-0.4, -0.2) is 44.2 Å². The van der Waals surface area contributed by atoms with Crippen LogP contribution in [0, 0.1) is 13.8 Å². The number of hydrogen-bond acceptors (Lipinski definition) is 8. The third-order valence-electron chi connectivity index (χ3n) is 3.78. The second-order valence-corrected chi connectivity index (χ2v) is 5.52. The Morgan fingerprint density at radius 1 is 1.13 bits per heavy atom. The molecule has 0 unspecified atom stereocenters. The van der Waals surface area contributed by atoms with Gasteiger partial charge in [-0.15, -0.1) is 0 Å². The maximum atomic E-state index is 4.69. The van der Waals surface area contributed by atoms with Gasteiger partial charge in [0.1, 0.15) is 0 Å². The van der Waals surface area contributed by atoms with Crippen molar-refractivity contribution >= 4 is 22.9 Å². The molecule has 0 aromatic carbocycles. The minimum Gasteiger partial charge on any atom is -0.363 e. The molecule has 0 amide bonds. The summed E-state index contributed by atoms with van der Waals surface area (Å²) < 4.78 is 6.68. The quantitative estimate of drug-likeness (QED) is 0.756. The molecule has 0 aliphatic rings. The zero-order valence-electron chi connectivity index (χ0n) is 14.0. The molecular formula is C14H20N8O. The Bertz CT molecular complexity index is 835. The van der Waals surface area contributed by atoms with Crippen molar-refractivity contribution in [1.29, 1.82) is 0 Å². The van der Waals surface area contributed by atoms with Gasteiger partial charge in [0.25, 0.3) is 0 Å². The van der Waals surface area contributed by atoms with E-state index in [2.05, 4.69) is 49.2 Å². The predicted molar refractivity (Wildman–Crippen MR) is 86.4 cm³/mol. The molecule has 9 heteroatoms. The zero-order chi connectivity index (χ0) is 16.6. The summed E-state index contributed by atoms with van der Waals surface area (Å²) in [6.45, 7) is 7.64. The van der Waals surface area contributed by atoms with Gasteiger partial charge < -0.3 is 10.2 Å². The summed E-state index contributed by atoms with van der Waals surface area (Å²) in [6.07, 6.45) is 0. The Morgan fingerprint density at radius 3 is 2.43 bits per heavy atom. The van der Waals surface area contributed by atoms with E-state index >= 15 is 0 Å². The number of rotatable bonds is 5. The predicted octanol–water partition coefficient (Wildman–Crippen LogP) is 1.52. The summed E-state index contributed by atoms with van der Waals surface area (Å²) in [5, 5.41) is 15.4. The van der Waals surface area contributed by atoms with Crippen molar-refractivity contribution in [3.63, 3.8) is 0 Å². The topological polar surface area (TPSA) is 97.8 Å². The number of hydrogen-bond donors (Lipinski definition) is 1. The third-order valence-corrected chi connectivity index (χ3v) is 3.78. The Balaban J connectivity index is 1.92. The number of anilines is 2. The average Bonchev–Trinajstić information content (AvgIpc) is 3.08. The molecule has 0 radical (unpaired) electrons. The normalized spacial score (nSPS) is 11.2. The maximum Gasteiger partial charge on any atom is 0.245 e. The Kier molecular flexibility index (Phi) is 3.85. The molecule has 9 nitrogen and oxygen atoms in total. The molecule has 3 rings (SSSR count). The van der Waals surface area contributed by atoms with Gasteiger partial charge in [-0.2, -0.15) is 5.10 Å². The van der Waals surface area contributed by atoms with E-state index in [1.54, 1.807) is 0 Å². The molecule has 23 heavy (non-hydrogen) atoms. The molecule has 3 aromatic rings. The lowest BCUT2D eigenvalue weighted by Gasteiger charge is -2.15. The van der Waals surface area contributed by atoms with Crippen LogP contribution >= 0.6 is 0 Å². The van der Waals surface area contributed by atoms with Crippen LogP contribution in [0.2, 0.25) is 0 Å². The molecule has 0 fully saturated rings. The van der Waals surface area contributed by atoms with Crippen LogP contribution in [0.4, 0.5) is 11.6 Å². The van der Waals surface area contributed by atoms with E-state index < -0.39 is 0 Å². The van der Waals surface area contributed by atoms with E-state index in [-0.39, 0.29) is 0 Å². The first-order valence-corrected chi connectivity index (χ1v) is 7.45. The van der Waals surface area contributed by atoms with E-state index in [0.29, 0.717) is 29.5 Å². The largest absolute Gasteiger partial charge is 0.363 e. The van der Waals surface area contributed by atoms with Gasteiger partial charge in [-0.05, 0) is 31.1 Å². The molecule has 122 valence electrons. The molecule has 0 aliphatic carbocycles. The summed E-state index contributed by atoms with van der Waals surface area (Å²) in [7, 11) is 3.81. The number of fused-ring (bicyclic) bond motifs is 1. The molecular weight excluding hydrogens is 296 g/mol. The van der Waals surface area contributed by atoms with Crippen LogP contribution < -0.4 is 10.2 Å². The Morgan fingerprint density at radius 2 is 1.83 bits per heavy atom. The van der Waals surface area contributed by atoms with Gasteiger partial charge in [-0.1, -0.05) is 0 Å². The molecule has 1 N–H and O–H groups in total. The van der Waals surface area contributed by atoms with Crippen molar-refractivity contribution in [3.8, 4) is 0 Å². The summed E-state index contributed by atoms with van der Waals surface area (Å²) in [4.78, 5) is 10.7. The SMILES string of the molecule is CCn1nc(C)c(CNc2nc3nonc3nc2N(C)C)c1C. The van der Waals surface area contributed by atoms with Crippen molar-refractivity contribution < 1.29 is 4.63 Å². The first-order valence-electron chi connectivity index (χ1n) is 7.45. The fourth-order valence-corrected chi connectivity index (χ4v) is 2.53. The standard InChI is InChI=1S/C14H20N8O/c1-6-22-9(3)10(8(2)18-22)7-15-13-14(21(4)5)17-12-11(16-13)19-23-20-12/h6-7H2,1-5H3,(H,15,16,19). The smallest absolute Gasteiger partial charge is 0.245 e.